The second kappa shape index (κ2) is 3.30. The molecule has 0 heterocycles. The van der Waals surface area contributed by atoms with Crippen LogP contribution in [0.4, 0.5) is 0 Å². The maximum absolute atomic E-state index is 2.18. The molecule has 0 unspecified atom stereocenters. The molecule has 0 saturated carbocycles. The average molecular weight is 176 g/mol. The molecule has 58 valence electrons. The first-order valence-corrected chi connectivity index (χ1v) is 4.15. The molecule has 0 atom stereocenters. The molecule has 2 aromatic carbocycles. The first-order chi connectivity index (χ1) is 5.97. The quantitative estimate of drug-likeness (QED) is 0.462. The van der Waals surface area contributed by atoms with Crippen LogP contribution >= 0.6 is 0 Å². The van der Waals surface area contributed by atoms with Gasteiger partial charge in [-0.2, -0.15) is 0 Å². The Morgan fingerprint density at radius 2 is 0.692 bits per heavy atom. The Hall–Kier alpha value is -0.560. The van der Waals surface area contributed by atoms with Crippen molar-refractivity contribution in [1.82, 2.24) is 0 Å². The summed E-state index contributed by atoms with van der Waals surface area (Å²) in [5.41, 5.74) is 5.59. The Morgan fingerprint density at radius 3 is 0.923 bits per heavy atom. The first-order valence-electron chi connectivity index (χ1n) is 4.15. The first kappa shape index (κ1) is 9.01. The normalized spacial score (nSPS) is 10.5. The molecule has 0 aromatic heterocycles. The molecular weight excluding hydrogens is 167 g/mol. The van der Waals surface area contributed by atoms with Crippen molar-refractivity contribution in [2.45, 2.75) is 0 Å². The van der Waals surface area contributed by atoms with Crippen LogP contribution in [0.2, 0.25) is 0 Å². The van der Waals surface area contributed by atoms with Crippen molar-refractivity contribution in [3.8, 4) is 22.3 Å². The van der Waals surface area contributed by atoms with E-state index >= 15 is 0 Å². The minimum atomic E-state index is 0. The van der Waals surface area contributed by atoms with Gasteiger partial charge in [0.25, 0.3) is 0 Å². The number of rotatable bonds is 0. The maximum Gasteiger partial charge on any atom is -0.00990 e. The van der Waals surface area contributed by atoms with E-state index in [4.69, 9.17) is 0 Å². The minimum absolute atomic E-state index is 0. The van der Waals surface area contributed by atoms with E-state index in [2.05, 4.69) is 48.5 Å². The van der Waals surface area contributed by atoms with E-state index < -0.39 is 0 Å². The van der Waals surface area contributed by atoms with Crippen molar-refractivity contribution in [3.63, 3.8) is 0 Å². The third-order valence-electron chi connectivity index (χ3n) is 2.43. The summed E-state index contributed by atoms with van der Waals surface area (Å²) in [6, 6.07) is 17.1. The van der Waals surface area contributed by atoms with Gasteiger partial charge in [0.05, 0.1) is 0 Å². The fraction of sp³-hybridized carbons (Fsp3) is 0. The van der Waals surface area contributed by atoms with Crippen molar-refractivity contribution in [2.24, 2.45) is 0 Å². The molecule has 0 saturated heterocycles. The van der Waals surface area contributed by atoms with Crippen LogP contribution in [-0.2, 0) is 0 Å². The van der Waals surface area contributed by atoms with E-state index in [1.165, 1.54) is 22.3 Å². The summed E-state index contributed by atoms with van der Waals surface area (Å²) in [4.78, 5) is 0. The van der Waals surface area contributed by atoms with Gasteiger partial charge in [0.2, 0.25) is 0 Å². The maximum atomic E-state index is 2.18. The van der Waals surface area contributed by atoms with Gasteiger partial charge in [-0.15, -0.1) is 0 Å². The smallest absolute Gasteiger partial charge is 0.00990 e. The van der Waals surface area contributed by atoms with Crippen molar-refractivity contribution >= 4 is 29.6 Å². The van der Waals surface area contributed by atoms with Gasteiger partial charge in [-0.3, -0.25) is 0 Å². The van der Waals surface area contributed by atoms with Crippen LogP contribution in [0.3, 0.4) is 0 Å². The van der Waals surface area contributed by atoms with E-state index in [0.717, 1.165) is 0 Å². The van der Waals surface area contributed by atoms with E-state index in [9.17, 15) is 0 Å². The van der Waals surface area contributed by atoms with Crippen LogP contribution in [0.1, 0.15) is 0 Å². The van der Waals surface area contributed by atoms with Crippen LogP contribution in [0.15, 0.2) is 48.5 Å². The number of benzene rings is 2. The van der Waals surface area contributed by atoms with Gasteiger partial charge in [-0.05, 0) is 22.3 Å². The number of hydrogen-bond acceptors (Lipinski definition) is 0. The van der Waals surface area contributed by atoms with Crippen LogP contribution in [0.5, 0.6) is 0 Å². The summed E-state index contributed by atoms with van der Waals surface area (Å²) >= 11 is 0. The average Bonchev–Trinajstić information content (AvgIpc) is 2.14. The van der Waals surface area contributed by atoms with Crippen LogP contribution < -0.4 is 0 Å². The molecule has 0 N–H and O–H groups in total. The molecule has 1 aliphatic rings. The Balaban J connectivity index is 0.000000653. The number of fused-ring (bicyclic) bond motifs is 4. The second-order valence-corrected chi connectivity index (χ2v) is 3.09. The van der Waals surface area contributed by atoms with Gasteiger partial charge in [-0.25, -0.2) is 0 Å². The number of hydrogen-bond donors (Lipinski definition) is 0. The summed E-state index contributed by atoms with van der Waals surface area (Å²) in [5.74, 6) is 0. The predicted octanol–water partition coefficient (Wildman–Crippen LogP) is 2.69. The molecule has 0 aliphatic heterocycles. The van der Waals surface area contributed by atoms with Gasteiger partial charge in [0.15, 0.2) is 0 Å². The summed E-state index contributed by atoms with van der Waals surface area (Å²) in [5, 5.41) is 0. The molecule has 13 heavy (non-hydrogen) atoms. The van der Waals surface area contributed by atoms with Gasteiger partial charge in [0, 0.05) is 0 Å². The fourth-order valence-electron chi connectivity index (χ4n) is 1.84. The molecule has 0 nitrogen and oxygen atoms in total. The molecule has 0 spiro atoms. The summed E-state index contributed by atoms with van der Waals surface area (Å²) in [6.45, 7) is 0. The monoisotopic (exact) mass is 176 g/mol. The Labute approximate surface area is 99.9 Å². The van der Waals surface area contributed by atoms with E-state index in [1.807, 2.05) is 0 Å². The van der Waals surface area contributed by atoms with Crippen LogP contribution in [0, 0.1) is 0 Å². The summed E-state index contributed by atoms with van der Waals surface area (Å²) in [6.07, 6.45) is 0. The topological polar surface area (TPSA) is 0 Å². The van der Waals surface area contributed by atoms with Crippen molar-refractivity contribution < 1.29 is 0 Å². The molecule has 0 amide bonds. The molecule has 0 fully saturated rings. The van der Waals surface area contributed by atoms with Gasteiger partial charge in [0.1, 0.15) is 0 Å². The summed E-state index contributed by atoms with van der Waals surface area (Å²) in [7, 11) is 0. The Bertz CT molecular complexity index is 346. The molecule has 2 aromatic rings. The van der Waals surface area contributed by atoms with Crippen molar-refractivity contribution in [3.05, 3.63) is 48.5 Å². The third kappa shape index (κ3) is 1.18. The zero-order valence-corrected chi connectivity index (χ0v) is 6.62. The van der Waals surface area contributed by atoms with E-state index in [-0.39, 0.29) is 29.6 Å². The molecule has 0 radical (unpaired) electrons. The van der Waals surface area contributed by atoms with E-state index in [1.54, 1.807) is 0 Å². The fourth-order valence-corrected chi connectivity index (χ4v) is 1.84. The van der Waals surface area contributed by atoms with Gasteiger partial charge >= 0.3 is 29.6 Å². The van der Waals surface area contributed by atoms with E-state index in [0.29, 0.717) is 0 Å². The largest absolute Gasteiger partial charge is 0.0616 e. The molecular formula is C12H9Na. The zero-order chi connectivity index (χ0) is 7.97. The second-order valence-electron chi connectivity index (χ2n) is 3.09. The third-order valence-corrected chi connectivity index (χ3v) is 2.43. The standard InChI is InChI=1S/C12H8.Na.H/c1-2-6-10-9(5-1)11-7-3-4-8-12(10)11;;/h1-8H;;. The predicted molar refractivity (Wildman–Crippen MR) is 58.0 cm³/mol. The van der Waals surface area contributed by atoms with Crippen molar-refractivity contribution in [2.75, 3.05) is 0 Å². The van der Waals surface area contributed by atoms with Gasteiger partial charge < -0.3 is 0 Å². The van der Waals surface area contributed by atoms with Crippen molar-refractivity contribution in [1.29, 1.82) is 0 Å². The van der Waals surface area contributed by atoms with Crippen LogP contribution in [0.25, 0.3) is 22.3 Å². The van der Waals surface area contributed by atoms with Gasteiger partial charge in [-0.1, -0.05) is 48.5 Å². The molecule has 3 rings (SSSR count). The zero-order valence-electron chi connectivity index (χ0n) is 6.62. The summed E-state index contributed by atoms with van der Waals surface area (Å²) < 4.78 is 0. The molecule has 1 heteroatoms. The molecule has 0 bridgehead atoms. The molecule has 1 aliphatic carbocycles. The Kier molecular flexibility index (Phi) is 2.29. The minimum Gasteiger partial charge on any atom is -0.0616 e. The van der Waals surface area contributed by atoms with Crippen LogP contribution in [-0.4, -0.2) is 29.6 Å². The Morgan fingerprint density at radius 1 is 0.462 bits per heavy atom. The SMILES string of the molecule is [NaH].c1ccc2c(c1)-c1ccccc1-2.